The number of halogens is 1. The van der Waals surface area contributed by atoms with E-state index in [1.54, 1.807) is 37.5 Å². The summed E-state index contributed by atoms with van der Waals surface area (Å²) in [5.41, 5.74) is 1.64. The van der Waals surface area contributed by atoms with E-state index in [0.717, 1.165) is 11.3 Å². The number of phenols is 1. The Morgan fingerprint density at radius 1 is 1.18 bits per heavy atom. The van der Waals surface area contributed by atoms with Gasteiger partial charge in [-0.15, -0.1) is 0 Å². The number of carboxylic acids is 1. The summed E-state index contributed by atoms with van der Waals surface area (Å²) < 4.78 is 23.3. The van der Waals surface area contributed by atoms with E-state index < -0.39 is 18.4 Å². The Morgan fingerprint density at radius 2 is 2.00 bits per heavy atom. The van der Waals surface area contributed by atoms with Gasteiger partial charge >= 0.3 is 5.97 Å². The minimum absolute atomic E-state index is 0.0403. The first kappa shape index (κ1) is 30.0. The van der Waals surface area contributed by atoms with Crippen LogP contribution in [0.1, 0.15) is 36.5 Å². The third kappa shape index (κ3) is 9.94. The Kier molecular flexibility index (Phi) is 12.2. The zero-order valence-corrected chi connectivity index (χ0v) is 22.9. The summed E-state index contributed by atoms with van der Waals surface area (Å²) in [6, 6.07) is 12.6. The number of rotatable bonds is 13. The highest BCUT2D eigenvalue weighted by Gasteiger charge is 2.32. The number of phenolic OH excluding ortho intramolecular Hbond substituents is 1. The largest absolute Gasteiger partial charge is 0.508 e. The molecule has 1 fully saturated rings. The minimum atomic E-state index is -0.826. The van der Waals surface area contributed by atoms with Gasteiger partial charge < -0.3 is 29.2 Å². The SMILES string of the molecule is COC(/C=C/COc1ccc(Cl)c(C)c1)=C/C=C/[C@H]1OC[C@@H](C/C=C\CCC(=O)O)[C@@H](c2ccccc2O)O1. The highest BCUT2D eigenvalue weighted by atomic mass is 35.5. The van der Waals surface area contributed by atoms with E-state index in [-0.39, 0.29) is 18.1 Å². The van der Waals surface area contributed by atoms with Gasteiger partial charge in [0.25, 0.3) is 0 Å². The molecule has 7 nitrogen and oxygen atoms in total. The number of methoxy groups -OCH3 is 1. The molecule has 39 heavy (non-hydrogen) atoms. The molecule has 2 aromatic rings. The van der Waals surface area contributed by atoms with Crippen LogP contribution in [0.15, 0.2) is 90.8 Å². The van der Waals surface area contributed by atoms with Crippen LogP contribution in [0.25, 0.3) is 0 Å². The van der Waals surface area contributed by atoms with E-state index in [1.807, 2.05) is 61.6 Å². The van der Waals surface area contributed by atoms with E-state index in [9.17, 15) is 9.90 Å². The van der Waals surface area contributed by atoms with Gasteiger partial charge in [-0.3, -0.25) is 4.79 Å². The number of aryl methyl sites for hydroxylation is 1. The molecule has 0 radical (unpaired) electrons. The lowest BCUT2D eigenvalue weighted by Crippen LogP contribution is -2.33. The first-order valence-electron chi connectivity index (χ1n) is 12.8. The highest BCUT2D eigenvalue weighted by molar-refractivity contribution is 6.31. The van der Waals surface area contributed by atoms with Crippen LogP contribution < -0.4 is 4.74 Å². The number of aliphatic carboxylic acids is 1. The molecule has 0 saturated carbocycles. The highest BCUT2D eigenvalue weighted by Crippen LogP contribution is 2.38. The van der Waals surface area contributed by atoms with Crippen molar-refractivity contribution in [3.63, 3.8) is 0 Å². The van der Waals surface area contributed by atoms with Gasteiger partial charge in [0.2, 0.25) is 0 Å². The van der Waals surface area contributed by atoms with Crippen LogP contribution in [0.2, 0.25) is 5.02 Å². The van der Waals surface area contributed by atoms with Crippen LogP contribution in [-0.2, 0) is 19.0 Å². The fraction of sp³-hybridized carbons (Fsp3) is 0.323. The van der Waals surface area contributed by atoms with Gasteiger partial charge in [-0.1, -0.05) is 48.0 Å². The first-order valence-corrected chi connectivity index (χ1v) is 13.1. The van der Waals surface area contributed by atoms with Gasteiger partial charge in [0.15, 0.2) is 6.29 Å². The maximum Gasteiger partial charge on any atom is 0.303 e. The van der Waals surface area contributed by atoms with E-state index in [0.29, 0.717) is 42.4 Å². The predicted molar refractivity (Wildman–Crippen MR) is 151 cm³/mol. The number of ether oxygens (including phenoxy) is 4. The van der Waals surface area contributed by atoms with Crippen molar-refractivity contribution in [3.05, 3.63) is 107 Å². The fourth-order valence-corrected chi connectivity index (χ4v) is 4.11. The molecule has 0 unspecified atom stereocenters. The van der Waals surface area contributed by atoms with Crippen molar-refractivity contribution in [2.75, 3.05) is 20.3 Å². The second-order valence-corrected chi connectivity index (χ2v) is 9.41. The Bertz CT molecular complexity index is 1200. The summed E-state index contributed by atoms with van der Waals surface area (Å²) in [7, 11) is 1.59. The lowest BCUT2D eigenvalue weighted by atomic mass is 9.91. The molecule has 1 saturated heterocycles. The Balaban J connectivity index is 1.59. The molecule has 2 N–H and O–H groups in total. The second-order valence-electron chi connectivity index (χ2n) is 9.00. The number of carboxylic acid groups (broad SMARTS) is 1. The van der Waals surface area contributed by atoms with Crippen LogP contribution in [0, 0.1) is 12.8 Å². The van der Waals surface area contributed by atoms with Crippen LogP contribution in [0.3, 0.4) is 0 Å². The molecule has 0 spiro atoms. The topological polar surface area (TPSA) is 94.5 Å². The van der Waals surface area contributed by atoms with Gasteiger partial charge in [-0.05, 0) is 73.9 Å². The number of allylic oxidation sites excluding steroid dienone is 5. The smallest absolute Gasteiger partial charge is 0.303 e. The third-order valence-electron chi connectivity index (χ3n) is 6.08. The number of hydrogen-bond donors (Lipinski definition) is 2. The molecule has 3 rings (SSSR count). The molecule has 0 amide bonds. The quantitative estimate of drug-likeness (QED) is 0.158. The van der Waals surface area contributed by atoms with Crippen molar-refractivity contribution in [3.8, 4) is 11.5 Å². The van der Waals surface area contributed by atoms with Crippen molar-refractivity contribution in [2.24, 2.45) is 5.92 Å². The summed E-state index contributed by atoms with van der Waals surface area (Å²) in [6.45, 7) is 2.71. The molecular formula is C31H35ClO7. The Hall–Kier alpha value is -3.52. The van der Waals surface area contributed by atoms with E-state index in [2.05, 4.69) is 0 Å². The summed E-state index contributed by atoms with van der Waals surface area (Å²) in [6.07, 6.45) is 13.0. The van der Waals surface area contributed by atoms with Crippen LogP contribution in [0.5, 0.6) is 11.5 Å². The van der Waals surface area contributed by atoms with Gasteiger partial charge in [-0.25, -0.2) is 0 Å². The van der Waals surface area contributed by atoms with Gasteiger partial charge in [0, 0.05) is 22.9 Å². The standard InChI is InChI=1S/C31H35ClO7/c1-22-20-25(17-18-27(22)32)37-19-9-12-24(36-2)11-8-16-30-38-21-23(10-4-3-5-15-29(34)35)31(39-30)26-13-6-7-14-28(26)33/h3-4,6-9,11-14,16-18,20,23,30-31,33H,5,10,15,19,21H2,1-2H3,(H,34,35)/b4-3-,12-9+,16-8+,24-11+/t23-,30+,31+/m1/s1. The molecule has 2 aromatic carbocycles. The average Bonchev–Trinajstić information content (AvgIpc) is 2.92. The number of carbonyl (C=O) groups is 1. The van der Waals surface area contributed by atoms with Gasteiger partial charge in [-0.2, -0.15) is 0 Å². The van der Waals surface area contributed by atoms with Crippen molar-refractivity contribution in [1.29, 1.82) is 0 Å². The fourth-order valence-electron chi connectivity index (χ4n) is 3.99. The third-order valence-corrected chi connectivity index (χ3v) is 6.50. The lowest BCUT2D eigenvalue weighted by molar-refractivity contribution is -0.215. The lowest BCUT2D eigenvalue weighted by Gasteiger charge is -2.35. The first-order chi connectivity index (χ1) is 18.9. The molecule has 3 atom stereocenters. The minimum Gasteiger partial charge on any atom is -0.508 e. The molecule has 0 bridgehead atoms. The zero-order chi connectivity index (χ0) is 28.0. The summed E-state index contributed by atoms with van der Waals surface area (Å²) in [5.74, 6) is 0.660. The Morgan fingerprint density at radius 3 is 2.74 bits per heavy atom. The second kappa shape index (κ2) is 15.8. The van der Waals surface area contributed by atoms with E-state index >= 15 is 0 Å². The predicted octanol–water partition coefficient (Wildman–Crippen LogP) is 6.92. The molecule has 0 aliphatic carbocycles. The summed E-state index contributed by atoms with van der Waals surface area (Å²) in [5, 5.41) is 20.0. The zero-order valence-electron chi connectivity index (χ0n) is 22.2. The van der Waals surface area contributed by atoms with Gasteiger partial charge in [0.05, 0.1) is 19.8 Å². The summed E-state index contributed by atoms with van der Waals surface area (Å²) in [4.78, 5) is 10.7. The van der Waals surface area contributed by atoms with Gasteiger partial charge in [0.1, 0.15) is 23.9 Å². The molecule has 1 aliphatic rings. The molecule has 1 aliphatic heterocycles. The van der Waals surface area contributed by atoms with E-state index in [4.69, 9.17) is 35.7 Å². The number of benzene rings is 2. The van der Waals surface area contributed by atoms with Crippen LogP contribution >= 0.6 is 11.6 Å². The van der Waals surface area contributed by atoms with Crippen LogP contribution in [0.4, 0.5) is 0 Å². The van der Waals surface area contributed by atoms with Crippen molar-refractivity contribution < 1.29 is 34.0 Å². The van der Waals surface area contributed by atoms with Crippen molar-refractivity contribution in [2.45, 2.75) is 38.6 Å². The molecule has 1 heterocycles. The normalized spacial score (nSPS) is 20.2. The monoisotopic (exact) mass is 554 g/mol. The van der Waals surface area contributed by atoms with Crippen molar-refractivity contribution >= 4 is 17.6 Å². The number of hydrogen-bond acceptors (Lipinski definition) is 6. The van der Waals surface area contributed by atoms with E-state index in [1.165, 1.54) is 0 Å². The maximum absolute atomic E-state index is 10.7. The Labute approximate surface area is 234 Å². The summed E-state index contributed by atoms with van der Waals surface area (Å²) >= 11 is 6.05. The average molecular weight is 555 g/mol. The molecular weight excluding hydrogens is 520 g/mol. The van der Waals surface area contributed by atoms with Crippen LogP contribution in [-0.4, -0.2) is 42.8 Å². The van der Waals surface area contributed by atoms with Crippen molar-refractivity contribution in [1.82, 2.24) is 0 Å². The number of aromatic hydroxyl groups is 1. The molecule has 208 valence electrons. The maximum atomic E-state index is 10.7. The molecule has 8 heteroatoms. The number of para-hydroxylation sites is 1. The molecule has 0 aromatic heterocycles.